The highest BCUT2D eigenvalue weighted by Gasteiger charge is 2.21. The molecule has 0 aliphatic carbocycles. The molecule has 5 heteroatoms. The molecule has 0 aliphatic heterocycles. The monoisotopic (exact) mass is 327 g/mol. The molecule has 2 aromatic heterocycles. The van der Waals surface area contributed by atoms with E-state index >= 15 is 0 Å². The Labute approximate surface area is 143 Å². The summed E-state index contributed by atoms with van der Waals surface area (Å²) >= 11 is 0. The zero-order chi connectivity index (χ0) is 17.2. The van der Waals surface area contributed by atoms with Gasteiger partial charge < -0.3 is 8.98 Å². The molecule has 4 rings (SSSR count). The highest BCUT2D eigenvalue weighted by molar-refractivity contribution is 5.76. The van der Waals surface area contributed by atoms with Crippen molar-refractivity contribution in [3.63, 3.8) is 0 Å². The molecule has 0 unspecified atom stereocenters. The van der Waals surface area contributed by atoms with Gasteiger partial charge in [0.2, 0.25) is 0 Å². The molecule has 1 atom stereocenters. The van der Waals surface area contributed by atoms with Gasteiger partial charge in [-0.15, -0.1) is 0 Å². The number of benzene rings is 2. The molecular formula is C20H13N3O2. The molecular weight excluding hydrogens is 314 g/mol. The van der Waals surface area contributed by atoms with E-state index in [0.29, 0.717) is 22.1 Å². The zero-order valence-corrected chi connectivity index (χ0v) is 13.2. The van der Waals surface area contributed by atoms with Gasteiger partial charge in [-0.05, 0) is 29.8 Å². The number of aromatic nitrogens is 2. The highest BCUT2D eigenvalue weighted by atomic mass is 16.3. The van der Waals surface area contributed by atoms with Gasteiger partial charge >= 0.3 is 0 Å². The van der Waals surface area contributed by atoms with Crippen molar-refractivity contribution in [1.29, 1.82) is 5.26 Å². The van der Waals surface area contributed by atoms with Crippen LogP contribution in [0.15, 0.2) is 82.7 Å². The smallest absolute Gasteiger partial charge is 0.198 e. The van der Waals surface area contributed by atoms with Crippen molar-refractivity contribution in [2.24, 2.45) is 0 Å². The van der Waals surface area contributed by atoms with E-state index in [4.69, 9.17) is 9.68 Å². The number of imidazole rings is 1. The van der Waals surface area contributed by atoms with Crippen LogP contribution in [-0.2, 0) is 0 Å². The second-order valence-corrected chi connectivity index (χ2v) is 5.66. The van der Waals surface area contributed by atoms with Gasteiger partial charge in [-0.1, -0.05) is 24.3 Å². The Hall–Kier alpha value is -3.65. The van der Waals surface area contributed by atoms with Gasteiger partial charge in [0.15, 0.2) is 5.43 Å². The third-order valence-corrected chi connectivity index (χ3v) is 4.18. The molecule has 0 aliphatic rings. The maximum Gasteiger partial charge on any atom is 0.198 e. The Morgan fingerprint density at radius 1 is 1.12 bits per heavy atom. The van der Waals surface area contributed by atoms with E-state index in [1.54, 1.807) is 43.0 Å². The van der Waals surface area contributed by atoms with Crippen LogP contribution in [0.2, 0.25) is 0 Å². The van der Waals surface area contributed by atoms with Crippen LogP contribution in [0, 0.1) is 11.3 Å². The number of para-hydroxylation sites is 1. The minimum Gasteiger partial charge on any atom is -0.464 e. The summed E-state index contributed by atoms with van der Waals surface area (Å²) < 4.78 is 7.53. The molecule has 0 N–H and O–H groups in total. The Kier molecular flexibility index (Phi) is 3.64. The van der Waals surface area contributed by atoms with E-state index in [1.165, 1.54) is 6.26 Å². The lowest BCUT2D eigenvalue weighted by Gasteiger charge is -2.19. The van der Waals surface area contributed by atoms with Crippen molar-refractivity contribution in [2.75, 3.05) is 0 Å². The average molecular weight is 327 g/mol. The molecule has 4 aromatic rings. The third kappa shape index (κ3) is 2.60. The number of hydrogen-bond acceptors (Lipinski definition) is 4. The van der Waals surface area contributed by atoms with E-state index in [2.05, 4.69) is 11.1 Å². The van der Waals surface area contributed by atoms with E-state index in [-0.39, 0.29) is 11.5 Å². The first-order valence-electron chi connectivity index (χ1n) is 7.76. The first-order chi connectivity index (χ1) is 12.3. The molecule has 2 aromatic carbocycles. The number of hydrogen-bond donors (Lipinski definition) is 0. The largest absolute Gasteiger partial charge is 0.464 e. The van der Waals surface area contributed by atoms with Crippen LogP contribution < -0.4 is 5.43 Å². The Morgan fingerprint density at radius 2 is 1.92 bits per heavy atom. The molecule has 120 valence electrons. The van der Waals surface area contributed by atoms with Crippen LogP contribution in [0.5, 0.6) is 0 Å². The summed E-state index contributed by atoms with van der Waals surface area (Å²) in [4.78, 5) is 17.1. The zero-order valence-electron chi connectivity index (χ0n) is 13.2. The maximum absolute atomic E-state index is 13.0. The Morgan fingerprint density at radius 3 is 2.64 bits per heavy atom. The molecule has 5 nitrogen and oxygen atoms in total. The van der Waals surface area contributed by atoms with Crippen molar-refractivity contribution in [3.05, 3.63) is 100 Å². The molecule has 2 heterocycles. The first-order valence-corrected chi connectivity index (χ1v) is 7.76. The van der Waals surface area contributed by atoms with Crippen LogP contribution in [0.3, 0.4) is 0 Å². The fourth-order valence-electron chi connectivity index (χ4n) is 2.96. The second kappa shape index (κ2) is 6.10. The van der Waals surface area contributed by atoms with E-state index in [0.717, 1.165) is 5.56 Å². The predicted molar refractivity (Wildman–Crippen MR) is 93.1 cm³/mol. The summed E-state index contributed by atoms with van der Waals surface area (Å²) in [5.41, 5.74) is 2.44. The lowest BCUT2D eigenvalue weighted by atomic mass is 9.98. The molecule has 0 bridgehead atoms. The number of rotatable bonds is 3. The summed E-state index contributed by atoms with van der Waals surface area (Å²) in [6.07, 6.45) is 6.64. The van der Waals surface area contributed by atoms with Crippen LogP contribution in [0.1, 0.15) is 22.7 Å². The van der Waals surface area contributed by atoms with Crippen molar-refractivity contribution in [1.82, 2.24) is 9.55 Å². The van der Waals surface area contributed by atoms with Gasteiger partial charge in [-0.25, -0.2) is 4.98 Å². The minimum absolute atomic E-state index is 0.0788. The molecule has 0 amide bonds. The first kappa shape index (κ1) is 14.9. The summed E-state index contributed by atoms with van der Waals surface area (Å²) in [6.45, 7) is 0. The highest BCUT2D eigenvalue weighted by Crippen LogP contribution is 2.26. The number of nitrogens with zero attached hydrogens (tertiary/aromatic N) is 3. The quantitative estimate of drug-likeness (QED) is 0.577. The Balaban J connectivity index is 1.94. The van der Waals surface area contributed by atoms with Gasteiger partial charge in [0.05, 0.1) is 35.0 Å². The normalized spacial score (nSPS) is 12.0. The molecule has 25 heavy (non-hydrogen) atoms. The van der Waals surface area contributed by atoms with E-state index in [1.807, 2.05) is 28.8 Å². The van der Waals surface area contributed by atoms with Crippen LogP contribution in [0.4, 0.5) is 0 Å². The summed E-state index contributed by atoms with van der Waals surface area (Å²) in [5.74, 6) is 0. The summed E-state index contributed by atoms with van der Waals surface area (Å²) in [7, 11) is 0. The van der Waals surface area contributed by atoms with Crippen LogP contribution in [0.25, 0.3) is 11.0 Å². The Bertz CT molecular complexity index is 1120. The third-order valence-electron chi connectivity index (χ3n) is 4.18. The molecule has 0 saturated heterocycles. The molecule has 0 spiro atoms. The second-order valence-electron chi connectivity index (χ2n) is 5.66. The summed E-state index contributed by atoms with van der Waals surface area (Å²) in [6, 6.07) is 16.1. The van der Waals surface area contributed by atoms with E-state index in [9.17, 15) is 4.79 Å². The topological polar surface area (TPSA) is 71.8 Å². The predicted octanol–water partition coefficient (Wildman–Crippen LogP) is 3.50. The fraction of sp³-hybridized carbons (Fsp3) is 0.0500. The maximum atomic E-state index is 13.0. The van der Waals surface area contributed by atoms with Gasteiger partial charge in [0.1, 0.15) is 11.8 Å². The fourth-order valence-corrected chi connectivity index (χ4v) is 2.96. The number of fused-ring (bicyclic) bond motifs is 1. The van der Waals surface area contributed by atoms with Gasteiger partial charge in [-0.3, -0.25) is 4.79 Å². The van der Waals surface area contributed by atoms with Crippen molar-refractivity contribution in [3.8, 4) is 6.07 Å². The molecule has 0 fully saturated rings. The lowest BCUT2D eigenvalue weighted by molar-refractivity contribution is 0.570. The molecule has 0 saturated carbocycles. The lowest BCUT2D eigenvalue weighted by Crippen LogP contribution is -2.19. The van der Waals surface area contributed by atoms with Crippen LogP contribution >= 0.6 is 0 Å². The SMILES string of the molecule is N#Cc1ccc([C@H](c2coc3ccccc3c2=O)n2ccnc2)cc1. The summed E-state index contributed by atoms with van der Waals surface area (Å²) in [5, 5.41) is 9.54. The average Bonchev–Trinajstić information content (AvgIpc) is 3.19. The minimum atomic E-state index is -0.379. The van der Waals surface area contributed by atoms with Gasteiger partial charge in [0, 0.05) is 12.4 Å². The van der Waals surface area contributed by atoms with Gasteiger partial charge in [0.25, 0.3) is 0 Å². The van der Waals surface area contributed by atoms with Crippen molar-refractivity contribution in [2.45, 2.75) is 6.04 Å². The number of nitriles is 1. The van der Waals surface area contributed by atoms with Crippen LogP contribution in [-0.4, -0.2) is 9.55 Å². The standard InChI is InChI=1S/C20H13N3O2/c21-11-14-5-7-15(8-6-14)19(23-10-9-22-13-23)17-12-25-18-4-2-1-3-16(18)20(17)24/h1-10,12-13,19H/t19-/m1/s1. The van der Waals surface area contributed by atoms with Crippen molar-refractivity contribution < 1.29 is 4.42 Å². The van der Waals surface area contributed by atoms with E-state index < -0.39 is 0 Å². The molecule has 0 radical (unpaired) electrons. The van der Waals surface area contributed by atoms with Crippen molar-refractivity contribution >= 4 is 11.0 Å². The van der Waals surface area contributed by atoms with Gasteiger partial charge in [-0.2, -0.15) is 5.26 Å².